The quantitative estimate of drug-likeness (QED) is 0.478. The first kappa shape index (κ1) is 23.4. The molecular weight excluding hydrogens is 366 g/mol. The molecule has 0 bridgehead atoms. The van der Waals surface area contributed by atoms with E-state index in [9.17, 15) is 9.59 Å². The van der Waals surface area contributed by atoms with Crippen molar-refractivity contribution in [3.8, 4) is 0 Å². The first-order chi connectivity index (χ1) is 11.2. The molecule has 0 aromatic heterocycles. The summed E-state index contributed by atoms with van der Waals surface area (Å²) in [4.78, 5) is 22.3. The van der Waals surface area contributed by atoms with Gasteiger partial charge in [-0.05, 0) is 20.3 Å². The number of carbonyl (C=O) groups is 2. The van der Waals surface area contributed by atoms with Crippen LogP contribution < -0.4 is 0 Å². The molecule has 0 aromatic carbocycles. The lowest BCUT2D eigenvalue weighted by Gasteiger charge is -2.38. The van der Waals surface area contributed by atoms with Gasteiger partial charge in [-0.1, -0.05) is 30.9 Å². The Morgan fingerprint density at radius 3 is 2.04 bits per heavy atom. The molecule has 1 rings (SSSR count). The predicted octanol–water partition coefficient (Wildman–Crippen LogP) is 1.88. The van der Waals surface area contributed by atoms with Gasteiger partial charge in [0.25, 0.3) is 11.9 Å². The Labute approximate surface area is 157 Å². The van der Waals surface area contributed by atoms with E-state index in [0.717, 1.165) is 36.4 Å². The number of rotatable bonds is 7. The Balaban J connectivity index is 0.000000506. The normalized spacial score (nSPS) is 14.5. The predicted molar refractivity (Wildman–Crippen MR) is 104 cm³/mol. The highest BCUT2D eigenvalue weighted by Crippen LogP contribution is 2.32. The summed E-state index contributed by atoms with van der Waals surface area (Å²) >= 11 is 7.19. The highest BCUT2D eigenvalue weighted by Gasteiger charge is 2.32. The van der Waals surface area contributed by atoms with Crippen LogP contribution >= 0.6 is 24.0 Å². The second kappa shape index (κ2) is 12.7. The van der Waals surface area contributed by atoms with E-state index >= 15 is 0 Å². The summed E-state index contributed by atoms with van der Waals surface area (Å²) in [7, 11) is -1.38. The van der Waals surface area contributed by atoms with Crippen molar-refractivity contribution >= 4 is 50.2 Å². The number of ether oxygens (including phenoxy) is 1. The number of thiocarbonyl (C=S) groups is 1. The fraction of sp³-hybridized carbons (Fsp3) is 0.800. The molecule has 0 aliphatic carbocycles. The topological polar surface area (TPSA) is 65.1 Å². The maximum Gasteiger partial charge on any atom is 0.431 e. The van der Waals surface area contributed by atoms with Gasteiger partial charge in [0.1, 0.15) is 4.32 Å². The van der Waals surface area contributed by atoms with Crippen molar-refractivity contribution in [2.24, 2.45) is 5.41 Å². The van der Waals surface area contributed by atoms with Crippen molar-refractivity contribution in [2.75, 3.05) is 32.1 Å². The molecule has 9 heteroatoms. The summed E-state index contributed by atoms with van der Waals surface area (Å²) in [5, 5.41) is 0. The van der Waals surface area contributed by atoms with Crippen molar-refractivity contribution in [2.45, 2.75) is 41.0 Å². The molecule has 140 valence electrons. The third-order valence-electron chi connectivity index (χ3n) is 3.38. The van der Waals surface area contributed by atoms with E-state index in [2.05, 4.69) is 34.5 Å². The zero-order valence-corrected chi connectivity index (χ0v) is 18.3. The van der Waals surface area contributed by atoms with Crippen LogP contribution in [0.5, 0.6) is 0 Å². The van der Waals surface area contributed by atoms with Gasteiger partial charge >= 0.3 is 10.0 Å². The smallest absolute Gasteiger partial charge is 0.431 e. The monoisotopic (exact) mass is 395 g/mol. The second-order valence-electron chi connectivity index (χ2n) is 5.73. The summed E-state index contributed by atoms with van der Waals surface area (Å²) in [5.74, 6) is 0.320. The number of nitrogens with zero attached hydrogens (tertiary/aromatic N) is 1. The number of carbonyl (C=O) groups excluding carboxylic acids is 2. The molecule has 1 saturated heterocycles. The fourth-order valence-corrected chi connectivity index (χ4v) is 3.86. The summed E-state index contributed by atoms with van der Waals surface area (Å²) in [6, 6.07) is 0. The average molecular weight is 396 g/mol. The standard InChI is InChI=1S/C11H21NOS2.C4H8O4Si/c1-4-12(5-2)10(14)15-7-6-11(3)8-13-9-11;1-3(5)7-9-8-4(2)6/h4-9H2,1-3H3;9H2,1-2H3. The van der Waals surface area contributed by atoms with Crippen LogP contribution in [0.1, 0.15) is 41.0 Å². The van der Waals surface area contributed by atoms with E-state index in [1.807, 2.05) is 11.8 Å². The largest absolute Gasteiger partial charge is 0.490 e. The molecule has 0 atom stereocenters. The van der Waals surface area contributed by atoms with Crippen molar-refractivity contribution in [3.63, 3.8) is 0 Å². The van der Waals surface area contributed by atoms with Crippen LogP contribution in [-0.2, 0) is 23.2 Å². The highest BCUT2D eigenvalue weighted by atomic mass is 32.2. The van der Waals surface area contributed by atoms with Gasteiger partial charge in [-0.3, -0.25) is 9.59 Å². The van der Waals surface area contributed by atoms with E-state index in [-0.39, 0.29) is 0 Å². The Kier molecular flexibility index (Phi) is 12.3. The first-order valence-corrected chi connectivity index (χ1v) is 10.5. The lowest BCUT2D eigenvalue weighted by atomic mass is 9.86. The minimum absolute atomic E-state index is 0.400. The molecule has 1 aliphatic heterocycles. The van der Waals surface area contributed by atoms with Crippen molar-refractivity contribution in [3.05, 3.63) is 0 Å². The molecule has 0 amide bonds. The molecule has 1 heterocycles. The Bertz CT molecular complexity index is 401. The second-order valence-corrected chi connectivity index (χ2v) is 8.27. The zero-order chi connectivity index (χ0) is 18.6. The molecule has 0 radical (unpaired) electrons. The maximum atomic E-state index is 10.0. The molecule has 1 aliphatic rings. The van der Waals surface area contributed by atoms with Gasteiger partial charge in [-0.2, -0.15) is 0 Å². The fourth-order valence-electron chi connectivity index (χ4n) is 1.75. The zero-order valence-electron chi connectivity index (χ0n) is 15.3. The van der Waals surface area contributed by atoms with Crippen LogP contribution in [0.25, 0.3) is 0 Å². The molecule has 0 saturated carbocycles. The van der Waals surface area contributed by atoms with Gasteiger partial charge in [-0.25, -0.2) is 0 Å². The minimum Gasteiger partial charge on any atom is -0.490 e. The van der Waals surface area contributed by atoms with Crippen molar-refractivity contribution < 1.29 is 23.2 Å². The summed E-state index contributed by atoms with van der Waals surface area (Å²) in [6.07, 6.45) is 1.21. The summed E-state index contributed by atoms with van der Waals surface area (Å²) < 4.78 is 15.1. The third-order valence-corrected chi connectivity index (χ3v) is 5.95. The van der Waals surface area contributed by atoms with E-state index in [0.29, 0.717) is 5.41 Å². The van der Waals surface area contributed by atoms with Gasteiger partial charge in [0.2, 0.25) is 0 Å². The Morgan fingerprint density at radius 1 is 1.21 bits per heavy atom. The maximum absolute atomic E-state index is 10.0. The molecule has 0 spiro atoms. The molecule has 6 nitrogen and oxygen atoms in total. The number of hydrogen-bond donors (Lipinski definition) is 0. The van der Waals surface area contributed by atoms with Crippen LogP contribution in [0.4, 0.5) is 0 Å². The summed E-state index contributed by atoms with van der Waals surface area (Å²) in [5.41, 5.74) is 0.422. The van der Waals surface area contributed by atoms with E-state index in [4.69, 9.17) is 17.0 Å². The van der Waals surface area contributed by atoms with Crippen molar-refractivity contribution in [1.29, 1.82) is 0 Å². The van der Waals surface area contributed by atoms with Gasteiger partial charge < -0.3 is 18.5 Å². The summed E-state index contributed by atoms with van der Waals surface area (Å²) in [6.45, 7) is 13.0. The Hall–Kier alpha value is -0.643. The SMILES string of the molecule is CC(=O)O[SiH2]OC(C)=O.CCN(CC)C(=S)SCCC1(C)COC1. The van der Waals surface area contributed by atoms with Crippen LogP contribution in [0.2, 0.25) is 0 Å². The van der Waals surface area contributed by atoms with Gasteiger partial charge in [0.15, 0.2) is 0 Å². The van der Waals surface area contributed by atoms with E-state index in [1.54, 1.807) is 0 Å². The van der Waals surface area contributed by atoms with Crippen molar-refractivity contribution in [1.82, 2.24) is 4.90 Å². The number of thioether (sulfide) groups is 1. The van der Waals surface area contributed by atoms with E-state index < -0.39 is 21.9 Å². The molecule has 0 aromatic rings. The highest BCUT2D eigenvalue weighted by molar-refractivity contribution is 8.22. The first-order valence-electron chi connectivity index (χ1n) is 8.00. The minimum atomic E-state index is -1.38. The third kappa shape index (κ3) is 11.0. The molecule has 24 heavy (non-hydrogen) atoms. The molecule has 0 unspecified atom stereocenters. The van der Waals surface area contributed by atoms with Crippen LogP contribution in [0.15, 0.2) is 0 Å². The average Bonchev–Trinajstić information content (AvgIpc) is 2.46. The Morgan fingerprint density at radius 2 is 1.71 bits per heavy atom. The lowest BCUT2D eigenvalue weighted by Crippen LogP contribution is -2.40. The number of hydrogen-bond acceptors (Lipinski definition) is 7. The molecule has 1 fully saturated rings. The van der Waals surface area contributed by atoms with E-state index in [1.165, 1.54) is 20.3 Å². The van der Waals surface area contributed by atoms with Gasteiger partial charge in [0, 0.05) is 38.1 Å². The molecule has 0 N–H and O–H groups in total. The van der Waals surface area contributed by atoms with Crippen LogP contribution in [0, 0.1) is 5.41 Å². The van der Waals surface area contributed by atoms with Crippen LogP contribution in [-0.4, -0.2) is 63.2 Å². The molecular formula is C15H29NO5S2Si. The van der Waals surface area contributed by atoms with Crippen LogP contribution in [0.3, 0.4) is 0 Å². The van der Waals surface area contributed by atoms with Gasteiger partial charge in [0.05, 0.1) is 13.2 Å². The lowest BCUT2D eigenvalue weighted by molar-refractivity contribution is -0.136. The van der Waals surface area contributed by atoms with Gasteiger partial charge in [-0.15, -0.1) is 0 Å².